The molecule has 1 aliphatic heterocycles. The van der Waals surface area contributed by atoms with Crippen molar-refractivity contribution in [2.24, 2.45) is 17.6 Å². The normalized spacial score (nSPS) is 43.7. The van der Waals surface area contributed by atoms with E-state index in [1.54, 1.807) is 0 Å². The molecule has 0 radical (unpaired) electrons. The van der Waals surface area contributed by atoms with Crippen LogP contribution in [0.1, 0.15) is 19.3 Å². The van der Waals surface area contributed by atoms with E-state index >= 15 is 0 Å². The van der Waals surface area contributed by atoms with E-state index in [0.717, 1.165) is 6.42 Å². The summed E-state index contributed by atoms with van der Waals surface area (Å²) in [4.78, 5) is 0. The average molecular weight is 209 g/mol. The molecule has 2 N–H and O–H groups in total. The summed E-state index contributed by atoms with van der Waals surface area (Å²) in [5, 5.41) is 0. The summed E-state index contributed by atoms with van der Waals surface area (Å²) in [6, 6.07) is -0.345. The lowest BCUT2D eigenvalue weighted by Gasteiger charge is -2.36. The second-order valence-electron chi connectivity index (χ2n) is 4.24. The molecule has 0 aromatic rings. The number of halogens is 3. The molecule has 82 valence electrons. The molecule has 0 bridgehead atoms. The molecule has 2 aliphatic rings. The Morgan fingerprint density at radius 2 is 1.93 bits per heavy atom. The summed E-state index contributed by atoms with van der Waals surface area (Å²) in [5.41, 5.74) is 5.73. The van der Waals surface area contributed by atoms with E-state index in [0.29, 0.717) is 6.61 Å². The van der Waals surface area contributed by atoms with Crippen molar-refractivity contribution in [3.63, 3.8) is 0 Å². The Morgan fingerprint density at radius 1 is 1.21 bits per heavy atom. The lowest BCUT2D eigenvalue weighted by Crippen LogP contribution is -2.46. The maximum atomic E-state index is 12.5. The Morgan fingerprint density at radius 3 is 2.57 bits per heavy atom. The first-order chi connectivity index (χ1) is 6.48. The molecular formula is C9H14F3NO. The lowest BCUT2D eigenvalue weighted by molar-refractivity contribution is -0.193. The molecule has 2 rings (SSSR count). The van der Waals surface area contributed by atoms with Crippen molar-refractivity contribution in [2.75, 3.05) is 6.61 Å². The first kappa shape index (κ1) is 10.2. The molecule has 0 unspecified atom stereocenters. The summed E-state index contributed by atoms with van der Waals surface area (Å²) in [6.45, 7) is 0.563. The van der Waals surface area contributed by atoms with Gasteiger partial charge in [0.2, 0.25) is 0 Å². The topological polar surface area (TPSA) is 35.2 Å². The van der Waals surface area contributed by atoms with Crippen molar-refractivity contribution in [3.05, 3.63) is 0 Å². The first-order valence-corrected chi connectivity index (χ1v) is 4.92. The molecule has 2 nitrogen and oxygen atoms in total. The van der Waals surface area contributed by atoms with Crippen LogP contribution in [-0.4, -0.2) is 24.9 Å². The number of alkyl halides is 3. The van der Waals surface area contributed by atoms with E-state index in [9.17, 15) is 13.2 Å². The van der Waals surface area contributed by atoms with Gasteiger partial charge in [-0.25, -0.2) is 0 Å². The highest BCUT2D eigenvalue weighted by Gasteiger charge is 2.49. The zero-order chi connectivity index (χ0) is 10.3. The number of hydrogen-bond acceptors (Lipinski definition) is 2. The van der Waals surface area contributed by atoms with Crippen molar-refractivity contribution in [1.82, 2.24) is 0 Å². The molecule has 0 aromatic heterocycles. The summed E-state index contributed by atoms with van der Waals surface area (Å²) < 4.78 is 42.7. The third-order valence-corrected chi connectivity index (χ3v) is 3.35. The van der Waals surface area contributed by atoms with Crippen LogP contribution in [0.4, 0.5) is 13.2 Å². The van der Waals surface area contributed by atoms with Crippen molar-refractivity contribution >= 4 is 0 Å². The van der Waals surface area contributed by atoms with Crippen LogP contribution in [0.3, 0.4) is 0 Å². The number of fused-ring (bicyclic) bond motifs is 1. The van der Waals surface area contributed by atoms with E-state index in [4.69, 9.17) is 10.5 Å². The number of ether oxygens (including phenoxy) is 1. The zero-order valence-corrected chi connectivity index (χ0v) is 7.76. The van der Waals surface area contributed by atoms with Crippen LogP contribution in [0.15, 0.2) is 0 Å². The van der Waals surface area contributed by atoms with Crippen LogP contribution in [0.5, 0.6) is 0 Å². The predicted molar refractivity (Wildman–Crippen MR) is 44.6 cm³/mol. The highest BCUT2D eigenvalue weighted by atomic mass is 19.4. The third kappa shape index (κ3) is 1.75. The molecule has 1 saturated heterocycles. The lowest BCUT2D eigenvalue weighted by atomic mass is 9.76. The van der Waals surface area contributed by atoms with Gasteiger partial charge in [0.25, 0.3) is 0 Å². The molecule has 1 saturated carbocycles. The Hall–Kier alpha value is -0.290. The van der Waals surface area contributed by atoms with Gasteiger partial charge in [-0.05, 0) is 19.3 Å². The standard InChI is InChI=1S/C9H14F3NO/c10-9(11,12)5-3-7(13)6-1-2-14-8(6)4-5/h5-8H,1-4,13H2/t5-,6+,7+,8-/m0/s1. The van der Waals surface area contributed by atoms with Gasteiger partial charge < -0.3 is 10.5 Å². The molecule has 14 heavy (non-hydrogen) atoms. The van der Waals surface area contributed by atoms with Gasteiger partial charge in [0, 0.05) is 18.6 Å². The van der Waals surface area contributed by atoms with Crippen LogP contribution in [0.25, 0.3) is 0 Å². The second kappa shape index (κ2) is 3.38. The molecule has 1 aliphatic carbocycles. The quantitative estimate of drug-likeness (QED) is 0.659. The van der Waals surface area contributed by atoms with Gasteiger partial charge in [-0.1, -0.05) is 0 Å². The fraction of sp³-hybridized carbons (Fsp3) is 1.00. The molecular weight excluding hydrogens is 195 g/mol. The SMILES string of the molecule is N[C@@H]1C[C@H](C(F)(F)F)C[C@@H]2OCC[C@H]12. The number of rotatable bonds is 0. The Labute approximate surface area is 80.6 Å². The van der Waals surface area contributed by atoms with Gasteiger partial charge in [-0.3, -0.25) is 0 Å². The van der Waals surface area contributed by atoms with Gasteiger partial charge >= 0.3 is 6.18 Å². The van der Waals surface area contributed by atoms with Crippen molar-refractivity contribution < 1.29 is 17.9 Å². The van der Waals surface area contributed by atoms with E-state index in [1.807, 2.05) is 0 Å². The van der Waals surface area contributed by atoms with Crippen molar-refractivity contribution in [3.8, 4) is 0 Å². The van der Waals surface area contributed by atoms with Crippen LogP contribution < -0.4 is 5.73 Å². The Kier molecular flexibility index (Phi) is 2.47. The molecule has 1 heterocycles. The van der Waals surface area contributed by atoms with Crippen LogP contribution in [-0.2, 0) is 4.74 Å². The van der Waals surface area contributed by atoms with Crippen molar-refractivity contribution in [2.45, 2.75) is 37.6 Å². The Balaban J connectivity index is 2.06. The van der Waals surface area contributed by atoms with E-state index in [1.165, 1.54) is 0 Å². The Bertz CT molecular complexity index is 219. The molecule has 0 spiro atoms. The summed E-state index contributed by atoms with van der Waals surface area (Å²) >= 11 is 0. The number of nitrogens with two attached hydrogens (primary N) is 1. The van der Waals surface area contributed by atoms with Gasteiger partial charge in [0.15, 0.2) is 0 Å². The van der Waals surface area contributed by atoms with Crippen LogP contribution in [0.2, 0.25) is 0 Å². The smallest absolute Gasteiger partial charge is 0.378 e. The molecule has 2 fully saturated rings. The van der Waals surface area contributed by atoms with Crippen molar-refractivity contribution in [1.29, 1.82) is 0 Å². The molecule has 5 heteroatoms. The zero-order valence-electron chi connectivity index (χ0n) is 7.76. The third-order valence-electron chi connectivity index (χ3n) is 3.35. The van der Waals surface area contributed by atoms with Gasteiger partial charge in [0.1, 0.15) is 0 Å². The summed E-state index contributed by atoms with van der Waals surface area (Å²) in [7, 11) is 0. The summed E-state index contributed by atoms with van der Waals surface area (Å²) in [5.74, 6) is -1.12. The summed E-state index contributed by atoms with van der Waals surface area (Å²) in [6.07, 6.45) is -3.40. The second-order valence-corrected chi connectivity index (χ2v) is 4.24. The van der Waals surface area contributed by atoms with E-state index < -0.39 is 12.1 Å². The number of hydrogen-bond donors (Lipinski definition) is 1. The van der Waals surface area contributed by atoms with Gasteiger partial charge in [0.05, 0.1) is 12.0 Å². The fourth-order valence-corrected chi connectivity index (χ4v) is 2.54. The molecule has 4 atom stereocenters. The maximum Gasteiger partial charge on any atom is 0.391 e. The largest absolute Gasteiger partial charge is 0.391 e. The van der Waals surface area contributed by atoms with Crippen LogP contribution in [0, 0.1) is 11.8 Å². The van der Waals surface area contributed by atoms with E-state index in [-0.39, 0.29) is 30.9 Å². The van der Waals surface area contributed by atoms with Gasteiger partial charge in [-0.15, -0.1) is 0 Å². The predicted octanol–water partition coefficient (Wildman–Crippen LogP) is 1.69. The highest BCUT2D eigenvalue weighted by molar-refractivity contribution is 4.94. The minimum atomic E-state index is -4.12. The minimum absolute atomic E-state index is 0.0635. The molecule has 0 aromatic carbocycles. The van der Waals surface area contributed by atoms with E-state index in [2.05, 4.69) is 0 Å². The molecule has 0 amide bonds. The van der Waals surface area contributed by atoms with Gasteiger partial charge in [-0.2, -0.15) is 13.2 Å². The highest BCUT2D eigenvalue weighted by Crippen LogP contribution is 2.43. The minimum Gasteiger partial charge on any atom is -0.378 e. The fourth-order valence-electron chi connectivity index (χ4n) is 2.54. The monoisotopic (exact) mass is 209 g/mol. The van der Waals surface area contributed by atoms with Crippen LogP contribution >= 0.6 is 0 Å². The maximum absolute atomic E-state index is 12.5. The average Bonchev–Trinajstić information content (AvgIpc) is 2.50. The first-order valence-electron chi connectivity index (χ1n) is 4.92.